The van der Waals surface area contributed by atoms with Gasteiger partial charge in [-0.1, -0.05) is 23.7 Å². The van der Waals surface area contributed by atoms with Crippen LogP contribution in [0.4, 0.5) is 0 Å². The Morgan fingerprint density at radius 3 is 2.88 bits per heavy atom. The van der Waals surface area contributed by atoms with Crippen molar-refractivity contribution in [2.45, 2.75) is 19.8 Å². The van der Waals surface area contributed by atoms with Gasteiger partial charge in [-0.25, -0.2) is 0 Å². The molecule has 90 valence electrons. The molecule has 2 aromatic rings. The molecule has 1 unspecified atom stereocenters. The Balaban J connectivity index is 2.33. The Morgan fingerprint density at radius 2 is 2.24 bits per heavy atom. The average Bonchev–Trinajstić information content (AvgIpc) is 2.81. The van der Waals surface area contributed by atoms with Crippen molar-refractivity contribution in [2.24, 2.45) is 5.73 Å². The molecule has 0 aliphatic carbocycles. The maximum Gasteiger partial charge on any atom is 0.257 e. The van der Waals surface area contributed by atoms with Crippen LogP contribution in [0.5, 0.6) is 0 Å². The Bertz CT molecular complexity index is 524. The van der Waals surface area contributed by atoms with Crippen molar-refractivity contribution >= 4 is 11.6 Å². The molecule has 0 saturated heterocycles. The first-order valence-electron chi connectivity index (χ1n) is 5.42. The van der Waals surface area contributed by atoms with Crippen LogP contribution in [0.2, 0.25) is 5.02 Å². The van der Waals surface area contributed by atoms with E-state index in [1.807, 2.05) is 32.0 Å². The van der Waals surface area contributed by atoms with Gasteiger partial charge in [-0.3, -0.25) is 0 Å². The van der Waals surface area contributed by atoms with Gasteiger partial charge in [0, 0.05) is 23.0 Å². The molecule has 0 amide bonds. The number of aryl methyl sites for hydroxylation is 1. The minimum absolute atomic E-state index is 0.0981. The predicted octanol–water partition coefficient (Wildman–Crippen LogP) is 2.76. The number of hydrogen-bond acceptors (Lipinski definition) is 4. The lowest BCUT2D eigenvalue weighted by molar-refractivity contribution is 0.418. The smallest absolute Gasteiger partial charge is 0.257 e. The summed E-state index contributed by atoms with van der Waals surface area (Å²) < 4.78 is 5.21. The van der Waals surface area contributed by atoms with Crippen LogP contribution in [0.25, 0.3) is 11.5 Å². The molecule has 2 rings (SSSR count). The van der Waals surface area contributed by atoms with Crippen LogP contribution in [0.3, 0.4) is 0 Å². The molecule has 17 heavy (non-hydrogen) atoms. The van der Waals surface area contributed by atoms with Crippen LogP contribution >= 0.6 is 11.6 Å². The second kappa shape index (κ2) is 4.85. The van der Waals surface area contributed by atoms with E-state index < -0.39 is 0 Å². The second-order valence-corrected chi connectivity index (χ2v) is 4.47. The summed E-state index contributed by atoms with van der Waals surface area (Å²) in [6.07, 6.45) is 0. The number of nitrogens with two attached hydrogens (primary N) is 1. The zero-order valence-electron chi connectivity index (χ0n) is 9.77. The van der Waals surface area contributed by atoms with E-state index in [2.05, 4.69) is 10.1 Å². The summed E-state index contributed by atoms with van der Waals surface area (Å²) in [5.41, 5.74) is 7.41. The van der Waals surface area contributed by atoms with Crippen LogP contribution in [-0.2, 0) is 0 Å². The van der Waals surface area contributed by atoms with E-state index in [-0.39, 0.29) is 5.92 Å². The maximum atomic E-state index is 5.96. The Kier molecular flexibility index (Phi) is 3.45. The first-order valence-corrected chi connectivity index (χ1v) is 5.80. The van der Waals surface area contributed by atoms with E-state index in [1.165, 1.54) is 0 Å². The monoisotopic (exact) mass is 251 g/mol. The average molecular weight is 252 g/mol. The third kappa shape index (κ3) is 2.48. The summed E-state index contributed by atoms with van der Waals surface area (Å²) in [5, 5.41) is 4.64. The number of benzene rings is 1. The molecule has 0 saturated carbocycles. The third-order valence-corrected chi connectivity index (χ3v) is 3.07. The summed E-state index contributed by atoms with van der Waals surface area (Å²) in [7, 11) is 0. The number of rotatable bonds is 3. The molecule has 1 aromatic heterocycles. The molecule has 0 spiro atoms. The van der Waals surface area contributed by atoms with Crippen LogP contribution in [0.15, 0.2) is 22.7 Å². The molecular formula is C12H14ClN3O. The van der Waals surface area contributed by atoms with Gasteiger partial charge < -0.3 is 10.3 Å². The number of hydrogen-bond donors (Lipinski definition) is 1. The summed E-state index contributed by atoms with van der Waals surface area (Å²) >= 11 is 5.96. The highest BCUT2D eigenvalue weighted by Gasteiger charge is 2.13. The zero-order chi connectivity index (χ0) is 12.4. The standard InChI is InChI=1S/C12H14ClN3O/c1-7-5-9(3-4-10(7)13)12-15-11(16-17-12)8(2)6-14/h3-5,8H,6,14H2,1-2H3. The van der Waals surface area contributed by atoms with E-state index >= 15 is 0 Å². The number of halogens is 1. The topological polar surface area (TPSA) is 64.9 Å². The molecule has 0 aliphatic rings. The van der Waals surface area contributed by atoms with Crippen molar-refractivity contribution in [1.29, 1.82) is 0 Å². The van der Waals surface area contributed by atoms with Gasteiger partial charge in [-0.05, 0) is 30.7 Å². The van der Waals surface area contributed by atoms with Crippen LogP contribution in [-0.4, -0.2) is 16.7 Å². The van der Waals surface area contributed by atoms with Crippen molar-refractivity contribution in [1.82, 2.24) is 10.1 Å². The van der Waals surface area contributed by atoms with Gasteiger partial charge in [-0.2, -0.15) is 4.98 Å². The molecule has 0 radical (unpaired) electrons. The van der Waals surface area contributed by atoms with E-state index in [0.717, 1.165) is 16.1 Å². The second-order valence-electron chi connectivity index (χ2n) is 4.06. The Hall–Kier alpha value is -1.39. The lowest BCUT2D eigenvalue weighted by Crippen LogP contribution is -2.10. The predicted molar refractivity (Wildman–Crippen MR) is 67.0 cm³/mol. The number of nitrogens with zero attached hydrogens (tertiary/aromatic N) is 2. The Morgan fingerprint density at radius 1 is 1.47 bits per heavy atom. The molecule has 0 fully saturated rings. The van der Waals surface area contributed by atoms with Crippen molar-refractivity contribution in [2.75, 3.05) is 6.54 Å². The summed E-state index contributed by atoms with van der Waals surface area (Å²) in [4.78, 5) is 4.32. The molecule has 1 heterocycles. The van der Waals surface area contributed by atoms with Crippen LogP contribution in [0, 0.1) is 6.92 Å². The summed E-state index contributed by atoms with van der Waals surface area (Å²) in [6, 6.07) is 5.61. The van der Waals surface area contributed by atoms with E-state index in [0.29, 0.717) is 18.3 Å². The highest BCUT2D eigenvalue weighted by atomic mass is 35.5. The SMILES string of the molecule is Cc1cc(-c2nc(C(C)CN)no2)ccc1Cl. The fraction of sp³-hybridized carbons (Fsp3) is 0.333. The Labute approximate surface area is 105 Å². The van der Waals surface area contributed by atoms with Crippen molar-refractivity contribution in [3.63, 3.8) is 0 Å². The van der Waals surface area contributed by atoms with Gasteiger partial charge in [0.05, 0.1) is 0 Å². The molecule has 1 atom stereocenters. The highest BCUT2D eigenvalue weighted by Crippen LogP contribution is 2.24. The molecular weight excluding hydrogens is 238 g/mol. The first-order chi connectivity index (χ1) is 8.11. The fourth-order valence-electron chi connectivity index (χ4n) is 1.44. The zero-order valence-corrected chi connectivity index (χ0v) is 10.5. The van der Waals surface area contributed by atoms with E-state index in [4.69, 9.17) is 21.9 Å². The first kappa shape index (κ1) is 12.1. The van der Waals surface area contributed by atoms with Gasteiger partial charge in [0.1, 0.15) is 0 Å². The molecule has 2 N–H and O–H groups in total. The third-order valence-electron chi connectivity index (χ3n) is 2.64. The summed E-state index contributed by atoms with van der Waals surface area (Å²) in [6.45, 7) is 4.39. The van der Waals surface area contributed by atoms with Crippen LogP contribution in [0.1, 0.15) is 24.2 Å². The largest absolute Gasteiger partial charge is 0.334 e. The summed E-state index contributed by atoms with van der Waals surface area (Å²) in [5.74, 6) is 1.23. The lowest BCUT2D eigenvalue weighted by atomic mass is 10.1. The minimum Gasteiger partial charge on any atom is -0.334 e. The molecule has 1 aromatic carbocycles. The van der Waals surface area contributed by atoms with Crippen molar-refractivity contribution in [3.05, 3.63) is 34.6 Å². The van der Waals surface area contributed by atoms with Gasteiger partial charge in [0.2, 0.25) is 0 Å². The molecule has 0 bridgehead atoms. The fourth-order valence-corrected chi connectivity index (χ4v) is 1.55. The quantitative estimate of drug-likeness (QED) is 0.911. The highest BCUT2D eigenvalue weighted by molar-refractivity contribution is 6.31. The normalized spacial score (nSPS) is 12.7. The molecule has 5 heteroatoms. The van der Waals surface area contributed by atoms with Crippen LogP contribution < -0.4 is 5.73 Å². The van der Waals surface area contributed by atoms with Crippen molar-refractivity contribution < 1.29 is 4.52 Å². The van der Waals surface area contributed by atoms with Crippen molar-refractivity contribution in [3.8, 4) is 11.5 Å². The lowest BCUT2D eigenvalue weighted by Gasteiger charge is -2.00. The van der Waals surface area contributed by atoms with Gasteiger partial charge >= 0.3 is 0 Å². The van der Waals surface area contributed by atoms with Gasteiger partial charge in [0.15, 0.2) is 5.82 Å². The maximum absolute atomic E-state index is 5.96. The van der Waals surface area contributed by atoms with E-state index in [9.17, 15) is 0 Å². The number of aromatic nitrogens is 2. The van der Waals surface area contributed by atoms with Gasteiger partial charge in [-0.15, -0.1) is 0 Å². The van der Waals surface area contributed by atoms with E-state index in [1.54, 1.807) is 0 Å². The molecule has 4 nitrogen and oxygen atoms in total. The minimum atomic E-state index is 0.0981. The molecule has 0 aliphatic heterocycles. The van der Waals surface area contributed by atoms with Gasteiger partial charge in [0.25, 0.3) is 5.89 Å².